The van der Waals surface area contributed by atoms with E-state index in [1.807, 2.05) is 12.1 Å². The minimum atomic E-state index is 0.775. The van der Waals surface area contributed by atoms with E-state index in [4.69, 9.17) is 4.98 Å². The van der Waals surface area contributed by atoms with Crippen molar-refractivity contribution in [3.8, 4) is 6.07 Å². The first-order chi connectivity index (χ1) is 18.3. The van der Waals surface area contributed by atoms with Gasteiger partial charge in [0.25, 0.3) is 0 Å². The van der Waals surface area contributed by atoms with Gasteiger partial charge in [0.15, 0.2) is 5.65 Å². The number of nitriles is 1. The maximum atomic E-state index is 9.92. The quantitative estimate of drug-likeness (QED) is 0.177. The van der Waals surface area contributed by atoms with Gasteiger partial charge in [-0.25, -0.2) is 4.98 Å². The third-order valence-corrected chi connectivity index (χ3v) is 8.25. The molecule has 2 aromatic heterocycles. The summed E-state index contributed by atoms with van der Waals surface area (Å²) in [4.78, 5) is 4.85. The van der Waals surface area contributed by atoms with E-state index in [-0.39, 0.29) is 0 Å². The van der Waals surface area contributed by atoms with Gasteiger partial charge in [-0.3, -0.25) is 4.40 Å². The standard InChI is InChI=1S/C33H48N4/c1-2-3-4-5-6-7-8-9-10-11-12-13-14-15-16-19-25-35-32-28-22-20-21-27(28)29(26-34)33-36-30-23-17-18-24-31(30)37(32)33/h17-18,23-24,35H,2-16,19-22,25H2,1H3. The van der Waals surface area contributed by atoms with Crippen LogP contribution in [0.4, 0.5) is 5.82 Å². The second-order valence-corrected chi connectivity index (χ2v) is 11.1. The first-order valence-electron chi connectivity index (χ1n) is 15.4. The van der Waals surface area contributed by atoms with Crippen LogP contribution in [-0.2, 0) is 12.8 Å². The number of nitrogens with one attached hydrogen (secondary N) is 1. The fourth-order valence-corrected chi connectivity index (χ4v) is 6.15. The molecule has 200 valence electrons. The lowest BCUT2D eigenvalue weighted by Gasteiger charge is -2.16. The highest BCUT2D eigenvalue weighted by atomic mass is 15.1. The third-order valence-electron chi connectivity index (χ3n) is 8.25. The van der Waals surface area contributed by atoms with E-state index in [1.165, 1.54) is 120 Å². The normalized spacial score (nSPS) is 12.9. The first kappa shape index (κ1) is 27.5. The van der Waals surface area contributed by atoms with Crippen molar-refractivity contribution in [1.82, 2.24) is 9.38 Å². The summed E-state index contributed by atoms with van der Waals surface area (Å²) in [6.07, 6.45) is 25.5. The van der Waals surface area contributed by atoms with Gasteiger partial charge in [-0.15, -0.1) is 0 Å². The SMILES string of the molecule is CCCCCCCCCCCCCCCCCCNc1c2c(c(C#N)c3nc4ccccc4n13)CCC2. The van der Waals surface area contributed by atoms with Crippen LogP contribution in [0.3, 0.4) is 0 Å². The predicted molar refractivity (Wildman–Crippen MR) is 157 cm³/mol. The zero-order chi connectivity index (χ0) is 25.7. The minimum Gasteiger partial charge on any atom is -0.371 e. The van der Waals surface area contributed by atoms with Crippen molar-refractivity contribution < 1.29 is 0 Å². The van der Waals surface area contributed by atoms with Crippen LogP contribution in [0.5, 0.6) is 0 Å². The minimum absolute atomic E-state index is 0.775. The molecule has 1 aromatic carbocycles. The Hall–Kier alpha value is -2.54. The molecule has 2 heterocycles. The molecule has 0 saturated carbocycles. The number of anilines is 1. The Morgan fingerprint density at radius 1 is 0.784 bits per heavy atom. The molecule has 4 heteroatoms. The van der Waals surface area contributed by atoms with Gasteiger partial charge >= 0.3 is 0 Å². The second kappa shape index (κ2) is 15.0. The van der Waals surface area contributed by atoms with Gasteiger partial charge in [0.05, 0.1) is 16.6 Å². The van der Waals surface area contributed by atoms with E-state index in [2.05, 4.69) is 34.8 Å². The first-order valence-corrected chi connectivity index (χ1v) is 15.4. The van der Waals surface area contributed by atoms with Crippen LogP contribution in [0.1, 0.15) is 133 Å². The summed E-state index contributed by atoms with van der Waals surface area (Å²) in [5.41, 5.74) is 6.21. The highest BCUT2D eigenvalue weighted by molar-refractivity contribution is 5.86. The molecule has 0 fully saturated rings. The number of hydrogen-bond donors (Lipinski definition) is 1. The molecule has 4 nitrogen and oxygen atoms in total. The van der Waals surface area contributed by atoms with Gasteiger partial charge in [-0.2, -0.15) is 5.26 Å². The molecule has 4 rings (SSSR count). The third kappa shape index (κ3) is 7.28. The number of para-hydroxylation sites is 2. The fraction of sp³-hybridized carbons (Fsp3) is 0.636. The van der Waals surface area contributed by atoms with Crippen LogP contribution in [0.15, 0.2) is 24.3 Å². The summed E-state index contributed by atoms with van der Waals surface area (Å²) in [5.74, 6) is 1.18. The van der Waals surface area contributed by atoms with Crippen molar-refractivity contribution in [3.63, 3.8) is 0 Å². The van der Waals surface area contributed by atoms with Crippen molar-refractivity contribution in [2.45, 2.75) is 129 Å². The maximum Gasteiger partial charge on any atom is 0.157 e. The molecule has 0 aliphatic heterocycles. The van der Waals surface area contributed by atoms with Crippen LogP contribution in [-0.4, -0.2) is 15.9 Å². The molecule has 0 radical (unpaired) electrons. The van der Waals surface area contributed by atoms with Gasteiger partial charge in [0.1, 0.15) is 11.9 Å². The van der Waals surface area contributed by atoms with Gasteiger partial charge in [0.2, 0.25) is 0 Å². The van der Waals surface area contributed by atoms with Gasteiger partial charge in [-0.05, 0) is 48.9 Å². The molecule has 0 amide bonds. The van der Waals surface area contributed by atoms with E-state index in [0.717, 1.165) is 48.1 Å². The Kier molecular flexibility index (Phi) is 11.2. The molecule has 0 unspecified atom stereocenters. The smallest absolute Gasteiger partial charge is 0.157 e. The molecular formula is C33H48N4. The summed E-state index contributed by atoms with van der Waals surface area (Å²) >= 11 is 0. The zero-order valence-electron chi connectivity index (χ0n) is 23.3. The highest BCUT2D eigenvalue weighted by Gasteiger charge is 2.25. The summed E-state index contributed by atoms with van der Waals surface area (Å²) in [5, 5.41) is 13.7. The molecule has 1 aliphatic carbocycles. The Morgan fingerprint density at radius 3 is 1.97 bits per heavy atom. The number of nitrogens with zero attached hydrogens (tertiary/aromatic N) is 3. The van der Waals surface area contributed by atoms with E-state index < -0.39 is 0 Å². The zero-order valence-corrected chi connectivity index (χ0v) is 23.3. The number of rotatable bonds is 18. The topological polar surface area (TPSA) is 53.1 Å². The van der Waals surface area contributed by atoms with Crippen molar-refractivity contribution in [3.05, 3.63) is 41.0 Å². The summed E-state index contributed by atoms with van der Waals surface area (Å²) in [6, 6.07) is 10.7. The van der Waals surface area contributed by atoms with Gasteiger partial charge < -0.3 is 5.32 Å². The molecule has 1 aliphatic rings. The lowest BCUT2D eigenvalue weighted by molar-refractivity contribution is 0.530. The van der Waals surface area contributed by atoms with E-state index in [9.17, 15) is 5.26 Å². The van der Waals surface area contributed by atoms with E-state index in [1.54, 1.807) is 0 Å². The summed E-state index contributed by atoms with van der Waals surface area (Å²) < 4.78 is 2.21. The van der Waals surface area contributed by atoms with Gasteiger partial charge in [0, 0.05) is 6.54 Å². The van der Waals surface area contributed by atoms with E-state index in [0.29, 0.717) is 0 Å². The molecule has 0 atom stereocenters. The Bertz CT molecular complexity index is 1150. The van der Waals surface area contributed by atoms with Crippen LogP contribution in [0.2, 0.25) is 0 Å². The Balaban J connectivity index is 1.14. The van der Waals surface area contributed by atoms with Crippen molar-refractivity contribution >= 4 is 22.5 Å². The van der Waals surface area contributed by atoms with Crippen molar-refractivity contribution in [2.75, 3.05) is 11.9 Å². The average Bonchev–Trinajstić information content (AvgIpc) is 3.55. The second-order valence-electron chi connectivity index (χ2n) is 11.1. The highest BCUT2D eigenvalue weighted by Crippen LogP contribution is 2.36. The number of imidazole rings is 1. The number of hydrogen-bond acceptors (Lipinski definition) is 3. The van der Waals surface area contributed by atoms with Crippen LogP contribution < -0.4 is 5.32 Å². The van der Waals surface area contributed by atoms with E-state index >= 15 is 0 Å². The number of pyridine rings is 1. The van der Waals surface area contributed by atoms with Crippen LogP contribution in [0, 0.1) is 11.3 Å². The molecule has 37 heavy (non-hydrogen) atoms. The summed E-state index contributed by atoms with van der Waals surface area (Å²) in [7, 11) is 0. The molecule has 3 aromatic rings. The molecule has 0 saturated heterocycles. The molecule has 0 bridgehead atoms. The molecule has 1 N–H and O–H groups in total. The molecule has 0 spiro atoms. The largest absolute Gasteiger partial charge is 0.371 e. The Labute approximate surface area is 224 Å². The van der Waals surface area contributed by atoms with Crippen molar-refractivity contribution in [2.24, 2.45) is 0 Å². The monoisotopic (exact) mass is 500 g/mol. The average molecular weight is 501 g/mol. The predicted octanol–water partition coefficient (Wildman–Crippen LogP) is 9.52. The molecular weight excluding hydrogens is 452 g/mol. The van der Waals surface area contributed by atoms with Gasteiger partial charge in [-0.1, -0.05) is 115 Å². The van der Waals surface area contributed by atoms with Crippen LogP contribution in [0.25, 0.3) is 16.7 Å². The number of benzene rings is 1. The summed E-state index contributed by atoms with van der Waals surface area (Å²) in [6.45, 7) is 3.28. The maximum absolute atomic E-state index is 9.92. The number of fused-ring (bicyclic) bond motifs is 4. The Morgan fingerprint density at radius 2 is 1.35 bits per heavy atom. The number of aromatic nitrogens is 2. The number of unbranched alkanes of at least 4 members (excludes halogenated alkanes) is 15. The lowest BCUT2D eigenvalue weighted by Crippen LogP contribution is -2.11. The van der Waals surface area contributed by atoms with Crippen LogP contribution >= 0.6 is 0 Å². The fourth-order valence-electron chi connectivity index (χ4n) is 6.15. The van der Waals surface area contributed by atoms with Crippen molar-refractivity contribution in [1.29, 1.82) is 5.26 Å². The lowest BCUT2D eigenvalue weighted by atomic mass is 10.0.